The zero-order chi connectivity index (χ0) is 41.5. The number of aliphatic hydroxyl groups excluding tert-OH is 5. The van der Waals surface area contributed by atoms with E-state index in [2.05, 4.69) is 36.2 Å². The van der Waals surface area contributed by atoms with Gasteiger partial charge in [0.05, 0.1) is 31.7 Å². The van der Waals surface area contributed by atoms with E-state index >= 15 is 0 Å². The number of halogens is 1. The SMILES string of the molecule is CC(CCCC(=O)N(CCS(=O)(=O)N1CCOCC1)C[C@H](O)[C@@H](O)[C@H](O)[C@H](O)CO)c1ccc(Cl)c(CCC2(c3cnccc3-c3ccccc3OC3CC3)CC2)c1. The molecule has 1 saturated heterocycles. The van der Waals surface area contributed by atoms with Gasteiger partial charge in [0.25, 0.3) is 0 Å². The number of benzene rings is 2. The number of morpholine rings is 1. The minimum absolute atomic E-state index is 0.00462. The fraction of sp³-hybridized carbons (Fsp3) is 0.581. The Morgan fingerprint density at radius 2 is 1.76 bits per heavy atom. The second-order valence-corrected chi connectivity index (χ2v) is 18.6. The Balaban J connectivity index is 1.07. The maximum atomic E-state index is 13.6. The number of carbonyl (C=O) groups is 1. The molecule has 0 bridgehead atoms. The summed E-state index contributed by atoms with van der Waals surface area (Å²) in [6, 6.07) is 16.4. The molecule has 1 aliphatic heterocycles. The van der Waals surface area contributed by atoms with Gasteiger partial charge in [-0.3, -0.25) is 9.78 Å². The van der Waals surface area contributed by atoms with Crippen LogP contribution in [0.15, 0.2) is 60.9 Å². The van der Waals surface area contributed by atoms with Gasteiger partial charge in [0.2, 0.25) is 15.9 Å². The van der Waals surface area contributed by atoms with Crippen molar-refractivity contribution in [3.05, 3.63) is 82.6 Å². The molecular formula is C43H58ClN3O10S. The number of aryl methyl sites for hydroxylation is 1. The summed E-state index contributed by atoms with van der Waals surface area (Å²) in [7, 11) is -3.75. The van der Waals surface area contributed by atoms with E-state index in [9.17, 15) is 38.7 Å². The Kier molecular flexibility index (Phi) is 15.2. The highest BCUT2D eigenvalue weighted by Gasteiger charge is 2.45. The van der Waals surface area contributed by atoms with Gasteiger partial charge in [-0.15, -0.1) is 0 Å². The quantitative estimate of drug-likeness (QED) is 0.0990. The molecular weight excluding hydrogens is 786 g/mol. The van der Waals surface area contributed by atoms with Gasteiger partial charge in [0.15, 0.2) is 0 Å². The molecule has 5 atom stereocenters. The monoisotopic (exact) mass is 843 g/mol. The Morgan fingerprint density at radius 1 is 1.03 bits per heavy atom. The van der Waals surface area contributed by atoms with Crippen LogP contribution < -0.4 is 4.74 Å². The third-order valence-electron chi connectivity index (χ3n) is 11.8. The number of hydrogen-bond acceptors (Lipinski definition) is 11. The van der Waals surface area contributed by atoms with E-state index < -0.39 is 59.3 Å². The number of pyridine rings is 1. The van der Waals surface area contributed by atoms with E-state index in [0.29, 0.717) is 24.0 Å². The van der Waals surface area contributed by atoms with Crippen LogP contribution in [0.25, 0.3) is 11.1 Å². The summed E-state index contributed by atoms with van der Waals surface area (Å²) < 4.78 is 39.0. The smallest absolute Gasteiger partial charge is 0.222 e. The van der Waals surface area contributed by atoms with Crippen molar-refractivity contribution in [2.75, 3.05) is 51.8 Å². The lowest BCUT2D eigenvalue weighted by atomic mass is 9.84. The first-order valence-electron chi connectivity index (χ1n) is 20.5. The average Bonchev–Trinajstić information content (AvgIpc) is 4.19. The minimum Gasteiger partial charge on any atom is -0.490 e. The number of ether oxygens (including phenoxy) is 2. The first kappa shape index (κ1) is 44.4. The molecule has 58 heavy (non-hydrogen) atoms. The minimum atomic E-state index is -3.75. The maximum Gasteiger partial charge on any atom is 0.222 e. The number of hydrogen-bond donors (Lipinski definition) is 5. The van der Waals surface area contributed by atoms with E-state index in [1.807, 2.05) is 36.7 Å². The van der Waals surface area contributed by atoms with Crippen LogP contribution in [0.1, 0.15) is 80.9 Å². The Hall–Kier alpha value is -3.18. The van der Waals surface area contributed by atoms with Crippen LogP contribution in [-0.4, -0.2) is 136 Å². The van der Waals surface area contributed by atoms with Gasteiger partial charge in [0.1, 0.15) is 30.2 Å². The molecule has 3 aromatic rings. The largest absolute Gasteiger partial charge is 0.490 e. The van der Waals surface area contributed by atoms with Crippen molar-refractivity contribution in [2.45, 2.75) is 107 Å². The highest BCUT2D eigenvalue weighted by molar-refractivity contribution is 7.89. The zero-order valence-corrected chi connectivity index (χ0v) is 34.7. The molecule has 1 aromatic heterocycles. The first-order chi connectivity index (χ1) is 27.8. The van der Waals surface area contributed by atoms with Crippen molar-refractivity contribution >= 4 is 27.5 Å². The molecule has 1 amide bonds. The lowest BCUT2D eigenvalue weighted by molar-refractivity contribution is -0.139. The van der Waals surface area contributed by atoms with E-state index in [0.717, 1.165) is 66.5 Å². The van der Waals surface area contributed by atoms with Crippen molar-refractivity contribution in [3.8, 4) is 16.9 Å². The van der Waals surface area contributed by atoms with Gasteiger partial charge in [-0.1, -0.05) is 48.9 Å². The number of carbonyl (C=O) groups excluding carboxylic acids is 1. The van der Waals surface area contributed by atoms with Gasteiger partial charge in [-0.2, -0.15) is 4.31 Å². The van der Waals surface area contributed by atoms with Crippen LogP contribution >= 0.6 is 11.6 Å². The topological polar surface area (TPSA) is 190 Å². The van der Waals surface area contributed by atoms with Gasteiger partial charge < -0.3 is 39.9 Å². The lowest BCUT2D eigenvalue weighted by Gasteiger charge is -2.31. The molecule has 15 heteroatoms. The van der Waals surface area contributed by atoms with E-state index in [-0.39, 0.29) is 50.6 Å². The normalized spacial score (nSPS) is 19.5. The Labute approximate surface area is 346 Å². The fourth-order valence-electron chi connectivity index (χ4n) is 7.76. The molecule has 2 aromatic carbocycles. The third-order valence-corrected chi connectivity index (χ3v) is 14.1. The van der Waals surface area contributed by atoms with Crippen LogP contribution in [0.3, 0.4) is 0 Å². The van der Waals surface area contributed by atoms with Crippen molar-refractivity contribution in [1.29, 1.82) is 0 Å². The average molecular weight is 844 g/mol. The number of sulfonamides is 1. The summed E-state index contributed by atoms with van der Waals surface area (Å²) in [5, 5.41) is 51.0. The second-order valence-electron chi connectivity index (χ2n) is 16.1. The van der Waals surface area contributed by atoms with Crippen molar-refractivity contribution < 1.29 is 48.2 Å². The Bertz CT molecular complexity index is 1940. The molecule has 5 N–H and O–H groups in total. The standard InChI is InChI=1S/C43H58ClN3O10S/c1-29(5-4-8-40(51)46(27-37(49)41(52)42(53)38(50)28-48)21-24-58(54,55)47-19-22-56-23-20-47)30-9-12-36(44)31(25-30)13-15-43(16-17-43)35-26-45-18-14-33(35)34-6-2-3-7-39(34)57-32-10-11-32/h2-3,6-7,9,12,14,18,25-26,29,32,37-38,41-42,48-50,52-53H,4-5,8,10-11,13,15-17,19-24,27-28H2,1H3/t29?,37-,38+,41+,42+/m0/s1. The molecule has 2 saturated carbocycles. The molecule has 3 aliphatic rings. The first-order valence-corrected chi connectivity index (χ1v) is 22.5. The summed E-state index contributed by atoms with van der Waals surface area (Å²) in [6.07, 6.45) is 4.12. The Morgan fingerprint density at radius 3 is 2.47 bits per heavy atom. The second kappa shape index (κ2) is 19.9. The molecule has 6 rings (SSSR count). The molecule has 0 radical (unpaired) electrons. The number of rotatable bonds is 22. The van der Waals surface area contributed by atoms with Crippen molar-refractivity contribution in [1.82, 2.24) is 14.2 Å². The van der Waals surface area contributed by atoms with Crippen LogP contribution in [0.5, 0.6) is 5.75 Å². The van der Waals surface area contributed by atoms with E-state index in [1.54, 1.807) is 0 Å². The van der Waals surface area contributed by atoms with Gasteiger partial charge in [-0.05, 0) is 103 Å². The molecule has 318 valence electrons. The predicted molar refractivity (Wildman–Crippen MR) is 220 cm³/mol. The number of para-hydroxylation sites is 1. The van der Waals surface area contributed by atoms with Crippen LogP contribution in [-0.2, 0) is 31.4 Å². The number of nitrogens with zero attached hydrogens (tertiary/aromatic N) is 3. The number of aliphatic hydroxyl groups is 5. The van der Waals surface area contributed by atoms with Crippen molar-refractivity contribution in [2.24, 2.45) is 0 Å². The summed E-state index contributed by atoms with van der Waals surface area (Å²) in [6.45, 7) is 1.44. The summed E-state index contributed by atoms with van der Waals surface area (Å²) in [4.78, 5) is 19.3. The summed E-state index contributed by atoms with van der Waals surface area (Å²) >= 11 is 6.79. The fourth-order valence-corrected chi connectivity index (χ4v) is 9.39. The summed E-state index contributed by atoms with van der Waals surface area (Å²) in [5.41, 5.74) is 5.64. The highest BCUT2D eigenvalue weighted by atomic mass is 35.5. The van der Waals surface area contributed by atoms with E-state index in [1.165, 1.54) is 14.8 Å². The highest BCUT2D eigenvalue weighted by Crippen LogP contribution is 2.55. The van der Waals surface area contributed by atoms with Crippen LogP contribution in [0.2, 0.25) is 5.02 Å². The van der Waals surface area contributed by atoms with Crippen LogP contribution in [0.4, 0.5) is 0 Å². The van der Waals surface area contributed by atoms with Gasteiger partial charge in [0, 0.05) is 55.6 Å². The van der Waals surface area contributed by atoms with Gasteiger partial charge in [-0.25, -0.2) is 8.42 Å². The third kappa shape index (κ3) is 11.3. The molecule has 2 heterocycles. The molecule has 2 aliphatic carbocycles. The summed E-state index contributed by atoms with van der Waals surface area (Å²) in [5.74, 6) is 0.161. The predicted octanol–water partition coefficient (Wildman–Crippen LogP) is 3.81. The van der Waals surface area contributed by atoms with E-state index in [4.69, 9.17) is 21.1 Å². The molecule has 0 spiro atoms. The van der Waals surface area contributed by atoms with Gasteiger partial charge >= 0.3 is 0 Å². The van der Waals surface area contributed by atoms with Crippen LogP contribution in [0, 0.1) is 0 Å². The molecule has 13 nitrogen and oxygen atoms in total. The molecule has 1 unspecified atom stereocenters. The zero-order valence-electron chi connectivity index (χ0n) is 33.2. The lowest BCUT2D eigenvalue weighted by Crippen LogP contribution is -2.51. The maximum absolute atomic E-state index is 13.6. The van der Waals surface area contributed by atoms with Crippen molar-refractivity contribution in [3.63, 3.8) is 0 Å². The number of aromatic nitrogens is 1. The molecule has 3 fully saturated rings. The number of amides is 1.